The van der Waals surface area contributed by atoms with E-state index in [0.29, 0.717) is 40.0 Å². The average Bonchev–Trinajstić information content (AvgIpc) is 3.44. The number of carbonyl (C=O) groups is 3. The van der Waals surface area contributed by atoms with Gasteiger partial charge in [0.1, 0.15) is 5.00 Å². The van der Waals surface area contributed by atoms with Crippen molar-refractivity contribution < 1.29 is 19.1 Å². The molecule has 1 atom stereocenters. The van der Waals surface area contributed by atoms with Crippen LogP contribution in [-0.4, -0.2) is 30.9 Å². The fourth-order valence-electron chi connectivity index (χ4n) is 5.49. The van der Waals surface area contributed by atoms with Crippen LogP contribution in [0.15, 0.2) is 72.8 Å². The highest BCUT2D eigenvalue weighted by atomic mass is 32.1. The Balaban J connectivity index is 1.25. The molecule has 5 rings (SSSR count). The topological polar surface area (TPSA) is 96.5 Å². The van der Waals surface area contributed by atoms with Crippen LogP contribution in [0.3, 0.4) is 0 Å². The highest BCUT2D eigenvalue weighted by Crippen LogP contribution is 2.39. The van der Waals surface area contributed by atoms with Crippen LogP contribution in [0.2, 0.25) is 0 Å². The minimum Gasteiger partial charge on any atom is -0.465 e. The van der Waals surface area contributed by atoms with Crippen molar-refractivity contribution in [1.82, 2.24) is 5.32 Å². The molecule has 3 aromatic carbocycles. The first-order valence-electron chi connectivity index (χ1n) is 15.7. The highest BCUT2D eigenvalue weighted by Gasteiger charge is 2.27. The summed E-state index contributed by atoms with van der Waals surface area (Å²) in [6.45, 7) is 4.98. The minimum atomic E-state index is -0.341. The SMILES string of the molecule is CC[C@H](C)NCc1cccc(C(=O)Nc2sc3c(c2C(=O)Nc2ccc(CCc4ccc(C(=O)OC)cc4)cc2)CCCC3)c1. The standard InChI is InChI=1S/C37H41N3O4S/c1-4-24(2)38-23-27-8-7-9-29(22-27)34(41)40-36-33(31-10-5-6-11-32(31)45-36)35(42)39-30-20-16-26(17-21-30)13-12-25-14-18-28(19-15-25)37(43)44-3/h7-9,14-22,24,38H,4-6,10-13,23H2,1-3H3,(H,39,42)(H,40,41)/t24-/m0/s1. The molecule has 0 radical (unpaired) electrons. The summed E-state index contributed by atoms with van der Waals surface area (Å²) in [5.41, 5.74) is 6.78. The second-order valence-corrected chi connectivity index (χ2v) is 12.7. The maximum absolute atomic E-state index is 13.7. The number of anilines is 2. The number of aryl methyl sites for hydroxylation is 3. The summed E-state index contributed by atoms with van der Waals surface area (Å²) >= 11 is 1.52. The van der Waals surface area contributed by atoms with E-state index in [1.54, 1.807) is 12.1 Å². The zero-order valence-electron chi connectivity index (χ0n) is 26.2. The monoisotopic (exact) mass is 623 g/mol. The van der Waals surface area contributed by atoms with Crippen molar-refractivity contribution in [2.45, 2.75) is 71.4 Å². The van der Waals surface area contributed by atoms with Crippen molar-refractivity contribution in [1.29, 1.82) is 0 Å². The van der Waals surface area contributed by atoms with E-state index in [0.717, 1.165) is 67.2 Å². The molecule has 0 spiro atoms. The van der Waals surface area contributed by atoms with E-state index in [4.69, 9.17) is 4.74 Å². The predicted octanol–water partition coefficient (Wildman–Crippen LogP) is 7.59. The van der Waals surface area contributed by atoms with Gasteiger partial charge in [0.05, 0.1) is 18.2 Å². The van der Waals surface area contributed by atoms with Crippen molar-refractivity contribution in [2.24, 2.45) is 0 Å². The molecule has 1 aliphatic carbocycles. The van der Waals surface area contributed by atoms with Gasteiger partial charge in [-0.05, 0) is 111 Å². The van der Waals surface area contributed by atoms with Crippen LogP contribution in [0.25, 0.3) is 0 Å². The number of rotatable bonds is 12. The van der Waals surface area contributed by atoms with E-state index in [-0.39, 0.29) is 17.8 Å². The van der Waals surface area contributed by atoms with Crippen LogP contribution < -0.4 is 16.0 Å². The molecule has 7 nitrogen and oxygen atoms in total. The van der Waals surface area contributed by atoms with Crippen molar-refractivity contribution in [3.05, 3.63) is 117 Å². The van der Waals surface area contributed by atoms with E-state index in [2.05, 4.69) is 29.8 Å². The van der Waals surface area contributed by atoms with Gasteiger partial charge in [-0.15, -0.1) is 11.3 Å². The maximum Gasteiger partial charge on any atom is 0.337 e. The van der Waals surface area contributed by atoms with Crippen molar-refractivity contribution in [3.63, 3.8) is 0 Å². The smallest absolute Gasteiger partial charge is 0.337 e. The number of esters is 1. The first kappa shape index (κ1) is 32.1. The molecule has 0 aliphatic heterocycles. The molecule has 1 heterocycles. The van der Waals surface area contributed by atoms with E-state index in [1.165, 1.54) is 23.3 Å². The first-order valence-corrected chi connectivity index (χ1v) is 16.5. The van der Waals surface area contributed by atoms with Gasteiger partial charge < -0.3 is 20.7 Å². The largest absolute Gasteiger partial charge is 0.465 e. The number of fused-ring (bicyclic) bond motifs is 1. The quantitative estimate of drug-likeness (QED) is 0.141. The number of carbonyl (C=O) groups excluding carboxylic acids is 3. The zero-order chi connectivity index (χ0) is 31.8. The molecule has 4 aromatic rings. The fraction of sp³-hybridized carbons (Fsp3) is 0.324. The van der Waals surface area contributed by atoms with Crippen LogP contribution >= 0.6 is 11.3 Å². The Kier molecular flexibility index (Phi) is 10.8. The van der Waals surface area contributed by atoms with Crippen molar-refractivity contribution in [2.75, 3.05) is 17.7 Å². The average molecular weight is 624 g/mol. The second kappa shape index (κ2) is 15.1. The van der Waals surface area contributed by atoms with Gasteiger partial charge in [0.2, 0.25) is 0 Å². The molecule has 0 saturated heterocycles. The Morgan fingerprint density at radius 3 is 2.20 bits per heavy atom. The fourth-order valence-corrected chi connectivity index (χ4v) is 6.77. The predicted molar refractivity (Wildman–Crippen MR) is 182 cm³/mol. The summed E-state index contributed by atoms with van der Waals surface area (Å²) in [6.07, 6.45) is 6.57. The summed E-state index contributed by atoms with van der Waals surface area (Å²) in [7, 11) is 1.38. The lowest BCUT2D eigenvalue weighted by Crippen LogP contribution is -2.24. The molecular weight excluding hydrogens is 582 g/mol. The Hall–Kier alpha value is -4.27. The van der Waals surface area contributed by atoms with Crippen LogP contribution in [0.5, 0.6) is 0 Å². The van der Waals surface area contributed by atoms with Gasteiger partial charge in [-0.1, -0.05) is 43.3 Å². The summed E-state index contributed by atoms with van der Waals surface area (Å²) in [5.74, 6) is -0.751. The number of nitrogens with one attached hydrogen (secondary N) is 3. The number of benzene rings is 3. The molecular formula is C37H41N3O4S. The third-order valence-corrected chi connectivity index (χ3v) is 9.58. The number of hydrogen-bond acceptors (Lipinski definition) is 6. The van der Waals surface area contributed by atoms with E-state index in [1.807, 2.05) is 60.7 Å². The molecule has 2 amide bonds. The van der Waals surface area contributed by atoms with Crippen molar-refractivity contribution >= 4 is 39.8 Å². The van der Waals surface area contributed by atoms with Crippen LogP contribution in [0.1, 0.15) is 91.3 Å². The van der Waals surface area contributed by atoms with Crippen LogP contribution in [0.4, 0.5) is 10.7 Å². The van der Waals surface area contributed by atoms with Gasteiger partial charge in [0.15, 0.2) is 0 Å². The molecule has 234 valence electrons. The lowest BCUT2D eigenvalue weighted by molar-refractivity contribution is 0.0600. The van der Waals surface area contributed by atoms with Crippen LogP contribution in [-0.2, 0) is 37.0 Å². The summed E-state index contributed by atoms with van der Waals surface area (Å²) in [5, 5.41) is 10.2. The van der Waals surface area contributed by atoms with E-state index >= 15 is 0 Å². The summed E-state index contributed by atoms with van der Waals surface area (Å²) in [4.78, 5) is 40.0. The van der Waals surface area contributed by atoms with Gasteiger partial charge >= 0.3 is 5.97 Å². The summed E-state index contributed by atoms with van der Waals surface area (Å²) < 4.78 is 4.77. The Labute approximate surface area is 269 Å². The number of hydrogen-bond donors (Lipinski definition) is 3. The molecule has 3 N–H and O–H groups in total. The molecule has 0 saturated carbocycles. The van der Waals surface area contributed by atoms with Crippen LogP contribution in [0, 0.1) is 0 Å². The number of methoxy groups -OCH3 is 1. The third-order valence-electron chi connectivity index (χ3n) is 8.37. The Bertz CT molecular complexity index is 1640. The van der Waals surface area contributed by atoms with Crippen molar-refractivity contribution in [3.8, 4) is 0 Å². The van der Waals surface area contributed by atoms with E-state index in [9.17, 15) is 14.4 Å². The minimum absolute atomic E-state index is 0.199. The van der Waals surface area contributed by atoms with E-state index < -0.39 is 0 Å². The molecule has 1 aliphatic rings. The van der Waals surface area contributed by atoms with Gasteiger partial charge in [0.25, 0.3) is 11.8 Å². The Morgan fingerprint density at radius 2 is 1.51 bits per heavy atom. The summed E-state index contributed by atoms with van der Waals surface area (Å²) in [6, 6.07) is 23.4. The molecule has 0 unspecified atom stereocenters. The first-order chi connectivity index (χ1) is 21.8. The van der Waals surface area contributed by atoms with Gasteiger partial charge in [-0.3, -0.25) is 9.59 Å². The van der Waals surface area contributed by atoms with Gasteiger partial charge in [-0.25, -0.2) is 4.79 Å². The number of amides is 2. The highest BCUT2D eigenvalue weighted by molar-refractivity contribution is 7.17. The maximum atomic E-state index is 13.7. The number of thiophene rings is 1. The third kappa shape index (κ3) is 8.26. The Morgan fingerprint density at radius 1 is 0.822 bits per heavy atom. The lowest BCUT2D eigenvalue weighted by atomic mass is 9.95. The molecule has 45 heavy (non-hydrogen) atoms. The molecule has 0 bridgehead atoms. The molecule has 1 aromatic heterocycles. The second-order valence-electron chi connectivity index (χ2n) is 11.6. The number of ether oxygens (including phenoxy) is 1. The van der Waals surface area contributed by atoms with Gasteiger partial charge in [0, 0.05) is 28.7 Å². The zero-order valence-corrected chi connectivity index (χ0v) is 27.0. The molecule has 8 heteroatoms. The normalized spacial score (nSPS) is 13.0. The molecule has 0 fully saturated rings. The lowest BCUT2D eigenvalue weighted by Gasteiger charge is -2.14. The van der Waals surface area contributed by atoms with Gasteiger partial charge in [-0.2, -0.15) is 0 Å².